The first-order chi connectivity index (χ1) is 10.3. The van der Waals surface area contributed by atoms with Crippen molar-refractivity contribution in [2.45, 2.75) is 6.04 Å². The molecule has 136 valence electrons. The molecule has 0 fully saturated rings. The number of carboxylic acid groups (broad SMARTS) is 2. The van der Waals surface area contributed by atoms with Crippen molar-refractivity contribution in [2.75, 3.05) is 29.8 Å². The van der Waals surface area contributed by atoms with Gasteiger partial charge in [0.05, 0.1) is 17.9 Å². The molecule has 0 rings (SSSR count). The molecule has 23 heavy (non-hydrogen) atoms. The Hall–Kier alpha value is -0.150. The maximum Gasteiger partial charge on any atom is 0.322 e. The van der Waals surface area contributed by atoms with Gasteiger partial charge in [0.15, 0.2) is 0 Å². The van der Waals surface area contributed by atoms with Gasteiger partial charge in [-0.3, -0.25) is 9.59 Å². The number of hydrogen-bond donors (Lipinski definition) is 3. The number of rotatable bonds is 12. The van der Waals surface area contributed by atoms with Gasteiger partial charge in [-0.1, -0.05) is 21.6 Å². The van der Waals surface area contributed by atoms with Gasteiger partial charge in [0.1, 0.15) is 15.9 Å². The van der Waals surface area contributed by atoms with Crippen molar-refractivity contribution in [3.63, 3.8) is 0 Å². The van der Waals surface area contributed by atoms with Crippen LogP contribution in [0.4, 0.5) is 0 Å². The Morgan fingerprint density at radius 2 is 1.52 bits per heavy atom. The third-order valence-corrected chi connectivity index (χ3v) is 8.15. The van der Waals surface area contributed by atoms with Crippen LogP contribution >= 0.6 is 31.4 Å². The lowest BCUT2D eigenvalue weighted by Gasteiger charge is -2.12. The molecule has 9 nitrogen and oxygen atoms in total. The van der Waals surface area contributed by atoms with Crippen LogP contribution in [0, 0.1) is 5.92 Å². The SMILES string of the molecule is CS(=O)(=O)C[C@@H](CSSSC[C@H](NS(C)(=O)=O)C(=O)O)C(=O)O. The molecule has 0 bridgehead atoms. The zero-order valence-corrected chi connectivity index (χ0v) is 16.2. The van der Waals surface area contributed by atoms with Crippen molar-refractivity contribution in [1.82, 2.24) is 4.72 Å². The van der Waals surface area contributed by atoms with Gasteiger partial charge in [0, 0.05) is 17.8 Å². The van der Waals surface area contributed by atoms with Crippen molar-refractivity contribution in [3.8, 4) is 0 Å². The summed E-state index contributed by atoms with van der Waals surface area (Å²) in [6, 6.07) is -1.30. The summed E-state index contributed by atoms with van der Waals surface area (Å²) in [5.41, 5.74) is 0. The number of carboxylic acids is 2. The Kier molecular flexibility index (Phi) is 9.92. The average molecular weight is 428 g/mol. The first kappa shape index (κ1) is 22.9. The summed E-state index contributed by atoms with van der Waals surface area (Å²) in [6.07, 6.45) is 1.79. The summed E-state index contributed by atoms with van der Waals surface area (Å²) in [5.74, 6) is -4.13. The van der Waals surface area contributed by atoms with E-state index in [-0.39, 0.29) is 11.5 Å². The quantitative estimate of drug-likeness (QED) is 0.279. The van der Waals surface area contributed by atoms with Crippen LogP contribution in [-0.4, -0.2) is 74.8 Å². The van der Waals surface area contributed by atoms with E-state index in [9.17, 15) is 26.4 Å². The summed E-state index contributed by atoms with van der Waals surface area (Å²) in [4.78, 5) is 21.8. The minimum absolute atomic E-state index is 0.0251. The number of sulfonamides is 1. The zero-order chi connectivity index (χ0) is 18.3. The van der Waals surface area contributed by atoms with E-state index in [0.29, 0.717) is 0 Å². The molecule has 0 aliphatic rings. The van der Waals surface area contributed by atoms with Gasteiger partial charge in [-0.15, -0.1) is 0 Å². The van der Waals surface area contributed by atoms with Gasteiger partial charge in [0.25, 0.3) is 0 Å². The second-order valence-electron chi connectivity index (χ2n) is 4.55. The molecule has 0 aliphatic carbocycles. The Balaban J connectivity index is 4.28. The van der Waals surface area contributed by atoms with E-state index < -0.39 is 49.5 Å². The fourth-order valence-corrected chi connectivity index (χ4v) is 7.17. The number of hydrogen-bond acceptors (Lipinski definition) is 9. The normalized spacial score (nSPS) is 15.0. The van der Waals surface area contributed by atoms with E-state index in [1.165, 1.54) is 0 Å². The van der Waals surface area contributed by atoms with Crippen LogP contribution < -0.4 is 4.72 Å². The smallest absolute Gasteiger partial charge is 0.322 e. The zero-order valence-electron chi connectivity index (χ0n) is 12.2. The Morgan fingerprint density at radius 1 is 1.00 bits per heavy atom. The molecule has 0 heterocycles. The van der Waals surface area contributed by atoms with Crippen molar-refractivity contribution >= 4 is 63.2 Å². The largest absolute Gasteiger partial charge is 0.481 e. The van der Waals surface area contributed by atoms with Crippen molar-refractivity contribution in [2.24, 2.45) is 5.92 Å². The van der Waals surface area contributed by atoms with Crippen molar-refractivity contribution in [1.29, 1.82) is 0 Å². The first-order valence-corrected chi connectivity index (χ1v) is 13.6. The van der Waals surface area contributed by atoms with Crippen LogP contribution in [0.3, 0.4) is 0 Å². The molecule has 2 atom stereocenters. The standard InChI is InChI=1S/C9H17NO8S5/c1-22(15,16)5-6(8(11)12)3-19-21-20-4-7(9(13)14)10-23(2,17)18/h6-7,10H,3-5H2,1-2H3,(H,11,12)(H,13,14)/t6-,7+/m1/s1. The van der Waals surface area contributed by atoms with Gasteiger partial charge in [-0.2, -0.15) is 0 Å². The number of carbonyl (C=O) groups is 2. The van der Waals surface area contributed by atoms with E-state index in [0.717, 1.165) is 43.9 Å². The lowest BCUT2D eigenvalue weighted by Crippen LogP contribution is -2.41. The molecule has 0 saturated heterocycles. The highest BCUT2D eigenvalue weighted by atomic mass is 33.5. The molecule has 0 aromatic carbocycles. The molecule has 0 saturated carbocycles. The highest BCUT2D eigenvalue weighted by Crippen LogP contribution is 2.36. The molecule has 0 aliphatic heterocycles. The Labute approximate surface area is 146 Å². The molecule has 14 heteroatoms. The van der Waals surface area contributed by atoms with Crippen LogP contribution in [0.25, 0.3) is 0 Å². The van der Waals surface area contributed by atoms with Crippen LogP contribution in [0.2, 0.25) is 0 Å². The fourth-order valence-electron chi connectivity index (χ4n) is 1.21. The first-order valence-electron chi connectivity index (χ1n) is 5.83. The molecular formula is C9H17NO8S5. The molecule has 0 aromatic heterocycles. The minimum atomic E-state index is -3.66. The lowest BCUT2D eigenvalue weighted by molar-refractivity contribution is -0.140. The topological polar surface area (TPSA) is 155 Å². The van der Waals surface area contributed by atoms with Crippen molar-refractivity contribution in [3.05, 3.63) is 0 Å². The third-order valence-electron chi connectivity index (χ3n) is 2.11. The predicted octanol–water partition coefficient (Wildman–Crippen LogP) is -0.236. The molecular weight excluding hydrogens is 410 g/mol. The Bertz CT molecular complexity index is 562. The number of sulfone groups is 1. The van der Waals surface area contributed by atoms with Crippen LogP contribution in [0.15, 0.2) is 0 Å². The van der Waals surface area contributed by atoms with Gasteiger partial charge >= 0.3 is 11.9 Å². The monoisotopic (exact) mass is 427 g/mol. The van der Waals surface area contributed by atoms with Crippen molar-refractivity contribution < 1.29 is 36.6 Å². The summed E-state index contributed by atoms with van der Waals surface area (Å²) in [6.45, 7) is 0. The van der Waals surface area contributed by atoms with Gasteiger partial charge in [-0.25, -0.2) is 21.6 Å². The second kappa shape index (κ2) is 9.98. The van der Waals surface area contributed by atoms with Crippen LogP contribution in [0.1, 0.15) is 0 Å². The maximum absolute atomic E-state index is 11.1. The summed E-state index contributed by atoms with van der Waals surface area (Å²) < 4.78 is 46.2. The molecule has 0 unspecified atom stereocenters. The summed E-state index contributed by atoms with van der Waals surface area (Å²) >= 11 is 0. The molecule has 0 radical (unpaired) electrons. The highest BCUT2D eigenvalue weighted by Gasteiger charge is 2.24. The fraction of sp³-hybridized carbons (Fsp3) is 0.778. The molecule has 0 amide bonds. The number of aliphatic carboxylic acids is 2. The lowest BCUT2D eigenvalue weighted by atomic mass is 10.2. The van der Waals surface area contributed by atoms with Gasteiger partial charge in [0.2, 0.25) is 10.0 Å². The molecule has 3 N–H and O–H groups in total. The van der Waals surface area contributed by atoms with E-state index >= 15 is 0 Å². The predicted molar refractivity (Wildman–Crippen MR) is 92.7 cm³/mol. The molecule has 0 aromatic rings. The minimum Gasteiger partial charge on any atom is -0.481 e. The molecule has 0 spiro atoms. The number of nitrogens with one attached hydrogen (secondary N) is 1. The van der Waals surface area contributed by atoms with Crippen LogP contribution in [0.5, 0.6) is 0 Å². The second-order valence-corrected chi connectivity index (χ2v) is 12.8. The van der Waals surface area contributed by atoms with E-state index in [2.05, 4.69) is 0 Å². The van der Waals surface area contributed by atoms with E-state index in [1.54, 1.807) is 0 Å². The third kappa shape index (κ3) is 12.9. The van der Waals surface area contributed by atoms with Gasteiger partial charge in [-0.05, 0) is 9.83 Å². The summed E-state index contributed by atoms with van der Waals surface area (Å²) in [5, 5.41) is 17.8. The van der Waals surface area contributed by atoms with E-state index in [4.69, 9.17) is 10.2 Å². The average Bonchev–Trinajstić information content (AvgIpc) is 2.32. The summed E-state index contributed by atoms with van der Waals surface area (Å²) in [7, 11) is -3.91. The van der Waals surface area contributed by atoms with Gasteiger partial charge < -0.3 is 10.2 Å². The highest BCUT2D eigenvalue weighted by molar-refractivity contribution is 9.09. The van der Waals surface area contributed by atoms with Crippen LogP contribution in [-0.2, 0) is 29.4 Å². The maximum atomic E-state index is 11.1. The van der Waals surface area contributed by atoms with E-state index in [1.807, 2.05) is 4.72 Å². The Morgan fingerprint density at radius 3 is 1.91 bits per heavy atom.